The van der Waals surface area contributed by atoms with E-state index in [0.29, 0.717) is 11.0 Å². The smallest absolute Gasteiger partial charge is 0.267 e. The lowest BCUT2D eigenvalue weighted by atomic mass is 10.1. The van der Waals surface area contributed by atoms with Gasteiger partial charge < -0.3 is 0 Å². The second-order valence-corrected chi connectivity index (χ2v) is 4.60. The van der Waals surface area contributed by atoms with E-state index >= 15 is 0 Å². The van der Waals surface area contributed by atoms with Crippen molar-refractivity contribution in [3.05, 3.63) is 62.5 Å². The Bertz CT molecular complexity index is 610. The molecule has 0 fully saturated rings. The Kier molecular flexibility index (Phi) is 3.38. The molecular weight excluding hydrogens is 287 g/mol. The minimum Gasteiger partial charge on any atom is -0.294 e. The highest BCUT2D eigenvalue weighted by molar-refractivity contribution is 9.10. The first kappa shape index (κ1) is 12.0. The highest BCUT2D eigenvalue weighted by Crippen LogP contribution is 2.11. The standard InChI is InChI=1S/C12H10BrFN2O/c1-8-4-10(14)3-2-9(8)6-16-7-15-5-11(13)12(16)17/h2-5,7H,6H2,1H3. The van der Waals surface area contributed by atoms with Crippen molar-refractivity contribution >= 4 is 15.9 Å². The quantitative estimate of drug-likeness (QED) is 0.853. The Morgan fingerprint density at radius 2 is 2.24 bits per heavy atom. The van der Waals surface area contributed by atoms with Gasteiger partial charge in [0.05, 0.1) is 12.9 Å². The summed E-state index contributed by atoms with van der Waals surface area (Å²) in [5, 5.41) is 0. The number of benzene rings is 1. The van der Waals surface area contributed by atoms with Crippen LogP contribution < -0.4 is 5.56 Å². The van der Waals surface area contributed by atoms with Gasteiger partial charge in [0, 0.05) is 6.20 Å². The van der Waals surface area contributed by atoms with E-state index in [0.717, 1.165) is 11.1 Å². The van der Waals surface area contributed by atoms with Gasteiger partial charge in [-0.1, -0.05) is 6.07 Å². The Morgan fingerprint density at radius 3 is 2.94 bits per heavy atom. The monoisotopic (exact) mass is 296 g/mol. The summed E-state index contributed by atoms with van der Waals surface area (Å²) in [5.41, 5.74) is 1.56. The Balaban J connectivity index is 2.38. The average Bonchev–Trinajstić information content (AvgIpc) is 2.28. The third kappa shape index (κ3) is 2.61. The van der Waals surface area contributed by atoms with Gasteiger partial charge in [-0.05, 0) is 46.1 Å². The number of aryl methyl sites for hydroxylation is 1. The molecule has 0 atom stereocenters. The molecule has 0 amide bonds. The predicted molar refractivity (Wildman–Crippen MR) is 66.4 cm³/mol. The Morgan fingerprint density at radius 1 is 1.47 bits per heavy atom. The molecule has 2 rings (SSSR count). The SMILES string of the molecule is Cc1cc(F)ccc1Cn1cncc(Br)c1=O. The van der Waals surface area contributed by atoms with Gasteiger partial charge in [0.25, 0.3) is 5.56 Å². The largest absolute Gasteiger partial charge is 0.294 e. The van der Waals surface area contributed by atoms with Gasteiger partial charge in [0.15, 0.2) is 0 Å². The fourth-order valence-electron chi connectivity index (χ4n) is 1.56. The van der Waals surface area contributed by atoms with E-state index in [-0.39, 0.29) is 11.4 Å². The average molecular weight is 297 g/mol. The molecule has 0 aliphatic carbocycles. The number of hydrogen-bond donors (Lipinski definition) is 0. The van der Waals surface area contributed by atoms with Crippen LogP contribution in [0, 0.1) is 12.7 Å². The van der Waals surface area contributed by atoms with Gasteiger partial charge in [0.1, 0.15) is 10.3 Å². The van der Waals surface area contributed by atoms with Crippen molar-refractivity contribution in [2.45, 2.75) is 13.5 Å². The molecule has 0 bridgehead atoms. The topological polar surface area (TPSA) is 34.9 Å². The molecule has 0 aliphatic rings. The van der Waals surface area contributed by atoms with Gasteiger partial charge in [-0.15, -0.1) is 0 Å². The van der Waals surface area contributed by atoms with Crippen LogP contribution in [0.25, 0.3) is 0 Å². The molecule has 0 radical (unpaired) electrons. The third-order valence-electron chi connectivity index (χ3n) is 2.50. The molecule has 0 unspecified atom stereocenters. The molecule has 0 spiro atoms. The first-order valence-corrected chi connectivity index (χ1v) is 5.82. The van der Waals surface area contributed by atoms with Crippen LogP contribution in [0.15, 0.2) is 40.0 Å². The molecule has 0 N–H and O–H groups in total. The van der Waals surface area contributed by atoms with E-state index in [1.54, 1.807) is 6.07 Å². The van der Waals surface area contributed by atoms with Crippen LogP contribution in [0.5, 0.6) is 0 Å². The molecular formula is C12H10BrFN2O. The van der Waals surface area contributed by atoms with E-state index in [4.69, 9.17) is 0 Å². The van der Waals surface area contributed by atoms with E-state index < -0.39 is 0 Å². The van der Waals surface area contributed by atoms with Crippen LogP contribution in [0.2, 0.25) is 0 Å². The molecule has 1 aromatic carbocycles. The van der Waals surface area contributed by atoms with Crippen molar-refractivity contribution in [3.63, 3.8) is 0 Å². The lowest BCUT2D eigenvalue weighted by Gasteiger charge is -2.08. The van der Waals surface area contributed by atoms with Crippen molar-refractivity contribution < 1.29 is 4.39 Å². The zero-order valence-electron chi connectivity index (χ0n) is 9.15. The predicted octanol–water partition coefficient (Wildman–Crippen LogP) is 2.50. The summed E-state index contributed by atoms with van der Waals surface area (Å²) in [6.07, 6.45) is 2.92. The molecule has 0 aliphatic heterocycles. The van der Waals surface area contributed by atoms with Crippen molar-refractivity contribution in [3.8, 4) is 0 Å². The first-order chi connectivity index (χ1) is 8.08. The number of halogens is 2. The van der Waals surface area contributed by atoms with Gasteiger partial charge in [-0.3, -0.25) is 9.36 Å². The van der Waals surface area contributed by atoms with Crippen molar-refractivity contribution in [2.75, 3.05) is 0 Å². The fourth-order valence-corrected chi connectivity index (χ4v) is 1.90. The lowest BCUT2D eigenvalue weighted by Crippen LogP contribution is -2.21. The summed E-state index contributed by atoms with van der Waals surface area (Å²) in [6.45, 7) is 2.20. The fraction of sp³-hybridized carbons (Fsp3) is 0.167. The van der Waals surface area contributed by atoms with E-state index in [2.05, 4.69) is 20.9 Å². The van der Waals surface area contributed by atoms with E-state index in [1.165, 1.54) is 29.2 Å². The summed E-state index contributed by atoms with van der Waals surface area (Å²) in [5.74, 6) is -0.272. The van der Waals surface area contributed by atoms with Crippen molar-refractivity contribution in [2.24, 2.45) is 0 Å². The van der Waals surface area contributed by atoms with Gasteiger partial charge >= 0.3 is 0 Å². The lowest BCUT2D eigenvalue weighted by molar-refractivity contribution is 0.624. The zero-order valence-corrected chi connectivity index (χ0v) is 10.7. The van der Waals surface area contributed by atoms with Crippen LogP contribution in [-0.4, -0.2) is 9.55 Å². The first-order valence-electron chi connectivity index (χ1n) is 5.03. The number of aromatic nitrogens is 2. The molecule has 1 aromatic heterocycles. The minimum absolute atomic E-state index is 0.149. The minimum atomic E-state index is -0.272. The second-order valence-electron chi connectivity index (χ2n) is 3.75. The van der Waals surface area contributed by atoms with Gasteiger partial charge in [0.2, 0.25) is 0 Å². The zero-order chi connectivity index (χ0) is 12.4. The van der Waals surface area contributed by atoms with Crippen molar-refractivity contribution in [1.82, 2.24) is 9.55 Å². The molecule has 3 nitrogen and oxygen atoms in total. The van der Waals surface area contributed by atoms with Gasteiger partial charge in [-0.25, -0.2) is 9.37 Å². The maximum Gasteiger partial charge on any atom is 0.267 e. The van der Waals surface area contributed by atoms with E-state index in [9.17, 15) is 9.18 Å². The number of nitrogens with zero attached hydrogens (tertiary/aromatic N) is 2. The van der Waals surface area contributed by atoms with Crippen LogP contribution in [0.4, 0.5) is 4.39 Å². The van der Waals surface area contributed by atoms with E-state index in [1.807, 2.05) is 6.92 Å². The van der Waals surface area contributed by atoms with Crippen LogP contribution >= 0.6 is 15.9 Å². The molecule has 5 heteroatoms. The Hall–Kier alpha value is -1.49. The summed E-state index contributed by atoms with van der Waals surface area (Å²) >= 11 is 3.13. The highest BCUT2D eigenvalue weighted by atomic mass is 79.9. The van der Waals surface area contributed by atoms with Gasteiger partial charge in [-0.2, -0.15) is 0 Å². The second kappa shape index (κ2) is 4.79. The maximum absolute atomic E-state index is 12.9. The Labute approximate surface area is 106 Å². The maximum atomic E-state index is 12.9. The third-order valence-corrected chi connectivity index (χ3v) is 3.05. The molecule has 88 valence electrons. The molecule has 2 aromatic rings. The molecule has 17 heavy (non-hydrogen) atoms. The summed E-state index contributed by atoms with van der Waals surface area (Å²) in [6, 6.07) is 4.52. The normalized spacial score (nSPS) is 10.5. The molecule has 0 saturated heterocycles. The number of rotatable bonds is 2. The molecule has 0 saturated carbocycles. The highest BCUT2D eigenvalue weighted by Gasteiger charge is 2.04. The van der Waals surface area contributed by atoms with Crippen LogP contribution in [0.3, 0.4) is 0 Å². The molecule has 1 heterocycles. The summed E-state index contributed by atoms with van der Waals surface area (Å²) < 4.78 is 14.8. The summed E-state index contributed by atoms with van der Waals surface area (Å²) in [4.78, 5) is 15.7. The van der Waals surface area contributed by atoms with Crippen LogP contribution in [0.1, 0.15) is 11.1 Å². The number of hydrogen-bond acceptors (Lipinski definition) is 2. The van der Waals surface area contributed by atoms with Crippen molar-refractivity contribution in [1.29, 1.82) is 0 Å². The summed E-state index contributed by atoms with van der Waals surface area (Å²) in [7, 11) is 0. The van der Waals surface area contributed by atoms with Crippen LogP contribution in [-0.2, 0) is 6.54 Å².